The van der Waals surface area contributed by atoms with Crippen LogP contribution in [-0.4, -0.2) is 21.9 Å². The summed E-state index contributed by atoms with van der Waals surface area (Å²) in [5.74, 6) is -0.866. The lowest BCUT2D eigenvalue weighted by Gasteiger charge is -2.12. The molecule has 5 heteroatoms. The summed E-state index contributed by atoms with van der Waals surface area (Å²) in [6, 6.07) is 16.7. The zero-order valence-corrected chi connectivity index (χ0v) is 18.3. The number of hydrogen-bond donors (Lipinski definition) is 2. The average molecular weight is 409 g/mol. The third-order valence-corrected chi connectivity index (χ3v) is 6.25. The number of carbonyl (C=O) groups is 1. The highest BCUT2D eigenvalue weighted by Gasteiger charge is 2.22. The fourth-order valence-corrected chi connectivity index (χ4v) is 4.13. The monoisotopic (exact) mass is 408 g/mol. The molecule has 1 aromatic heterocycles. The molecule has 0 aliphatic carbocycles. The maximum absolute atomic E-state index is 12.0. The van der Waals surface area contributed by atoms with Gasteiger partial charge in [0, 0.05) is 41.5 Å². The molecule has 152 valence electrons. The van der Waals surface area contributed by atoms with Crippen molar-refractivity contribution in [2.24, 2.45) is 0 Å². The fourth-order valence-electron chi connectivity index (χ4n) is 3.72. The molecule has 0 saturated carbocycles. The molecule has 2 N–H and O–H groups in total. The summed E-state index contributed by atoms with van der Waals surface area (Å²) in [6.07, 6.45) is 2.06. The molecule has 0 saturated heterocycles. The molecule has 0 spiro atoms. The van der Waals surface area contributed by atoms with Gasteiger partial charge in [0.2, 0.25) is 0 Å². The Morgan fingerprint density at radius 2 is 1.69 bits per heavy atom. The molecule has 0 unspecified atom stereocenters. The van der Waals surface area contributed by atoms with E-state index in [4.69, 9.17) is 0 Å². The molecular formula is C24H28N2O2S. The zero-order valence-electron chi connectivity index (χ0n) is 17.5. The van der Waals surface area contributed by atoms with Gasteiger partial charge < -0.3 is 15.0 Å². The molecule has 0 bridgehead atoms. The van der Waals surface area contributed by atoms with Crippen LogP contribution in [0.1, 0.15) is 44.0 Å². The fraction of sp³-hybridized carbons (Fsp3) is 0.292. The number of aromatic carboxylic acids is 1. The van der Waals surface area contributed by atoms with Crippen LogP contribution >= 0.6 is 11.8 Å². The van der Waals surface area contributed by atoms with E-state index in [1.54, 1.807) is 11.8 Å². The lowest BCUT2D eigenvalue weighted by molar-refractivity contribution is 0.0694. The van der Waals surface area contributed by atoms with Crippen LogP contribution in [0, 0.1) is 20.8 Å². The van der Waals surface area contributed by atoms with E-state index in [2.05, 4.69) is 59.5 Å². The van der Waals surface area contributed by atoms with Crippen molar-refractivity contribution in [2.45, 2.75) is 45.3 Å². The number of thioether (sulfide) groups is 1. The first-order chi connectivity index (χ1) is 13.9. The van der Waals surface area contributed by atoms with Gasteiger partial charge in [0.25, 0.3) is 0 Å². The molecule has 3 aromatic rings. The van der Waals surface area contributed by atoms with Crippen LogP contribution < -0.4 is 5.32 Å². The van der Waals surface area contributed by atoms with E-state index in [1.807, 2.05) is 26.0 Å². The normalized spacial score (nSPS) is 11.0. The molecule has 0 amide bonds. The summed E-state index contributed by atoms with van der Waals surface area (Å²) in [5, 5.41) is 13.3. The lowest BCUT2D eigenvalue weighted by Crippen LogP contribution is -2.15. The number of carboxylic acids is 1. The van der Waals surface area contributed by atoms with Gasteiger partial charge in [0.15, 0.2) is 0 Å². The van der Waals surface area contributed by atoms with Gasteiger partial charge in [-0.1, -0.05) is 36.4 Å². The minimum Gasteiger partial charge on any atom is -0.478 e. The lowest BCUT2D eigenvalue weighted by atomic mass is 10.1. The summed E-state index contributed by atoms with van der Waals surface area (Å²) in [7, 11) is 0. The van der Waals surface area contributed by atoms with E-state index in [9.17, 15) is 9.90 Å². The summed E-state index contributed by atoms with van der Waals surface area (Å²) in [4.78, 5) is 13.2. The van der Waals surface area contributed by atoms with Crippen LogP contribution in [0.4, 0.5) is 0 Å². The molecule has 0 atom stereocenters. The predicted octanol–water partition coefficient (Wildman–Crippen LogP) is 5.17. The highest BCUT2D eigenvalue weighted by atomic mass is 32.2. The van der Waals surface area contributed by atoms with Gasteiger partial charge >= 0.3 is 5.97 Å². The summed E-state index contributed by atoms with van der Waals surface area (Å²) in [5.41, 5.74) is 6.70. The van der Waals surface area contributed by atoms with Gasteiger partial charge in [-0.3, -0.25) is 0 Å². The van der Waals surface area contributed by atoms with Crippen molar-refractivity contribution in [1.29, 1.82) is 0 Å². The zero-order chi connectivity index (χ0) is 21.0. The van der Waals surface area contributed by atoms with Crippen molar-refractivity contribution >= 4 is 17.7 Å². The second kappa shape index (κ2) is 9.33. The highest BCUT2D eigenvalue weighted by Crippen LogP contribution is 2.25. The van der Waals surface area contributed by atoms with Gasteiger partial charge in [0.1, 0.15) is 0 Å². The molecule has 29 heavy (non-hydrogen) atoms. The third kappa shape index (κ3) is 4.74. The number of benzene rings is 2. The smallest absolute Gasteiger partial charge is 0.337 e. The molecule has 0 fully saturated rings. The molecule has 0 aliphatic rings. The second-order valence-electron chi connectivity index (χ2n) is 7.29. The molecule has 0 radical (unpaired) electrons. The first-order valence-corrected chi connectivity index (χ1v) is 10.9. The summed E-state index contributed by atoms with van der Waals surface area (Å²) < 4.78 is 2.12. The predicted molar refractivity (Wildman–Crippen MR) is 120 cm³/mol. The maximum atomic E-state index is 12.0. The molecule has 0 aliphatic heterocycles. The van der Waals surface area contributed by atoms with Gasteiger partial charge in [-0.05, 0) is 55.9 Å². The van der Waals surface area contributed by atoms with Crippen LogP contribution in [0.15, 0.2) is 53.4 Å². The Balaban J connectivity index is 1.81. The number of carboxylic acid groups (broad SMARTS) is 1. The van der Waals surface area contributed by atoms with Gasteiger partial charge in [-0.2, -0.15) is 0 Å². The largest absolute Gasteiger partial charge is 0.478 e. The molecular weight excluding hydrogens is 380 g/mol. The number of aryl methyl sites for hydroxylation is 1. The first-order valence-electron chi connectivity index (χ1n) is 9.72. The van der Waals surface area contributed by atoms with Crippen LogP contribution in [0.2, 0.25) is 0 Å². The van der Waals surface area contributed by atoms with Crippen molar-refractivity contribution in [1.82, 2.24) is 9.88 Å². The SMILES string of the molecule is CSc1ccc(CNCc2c(C(=O)O)c(C)n(Cc3ccccc3C)c2C)cc1. The van der Waals surface area contributed by atoms with E-state index in [1.165, 1.54) is 21.6 Å². The number of nitrogens with one attached hydrogen (secondary N) is 1. The minimum atomic E-state index is -0.866. The van der Waals surface area contributed by atoms with E-state index in [0.717, 1.165) is 17.0 Å². The van der Waals surface area contributed by atoms with Crippen molar-refractivity contribution < 1.29 is 9.90 Å². The second-order valence-corrected chi connectivity index (χ2v) is 8.17. The van der Waals surface area contributed by atoms with Crippen molar-refractivity contribution in [2.75, 3.05) is 6.26 Å². The Bertz CT molecular complexity index is 1010. The van der Waals surface area contributed by atoms with Gasteiger partial charge in [-0.25, -0.2) is 4.79 Å². The number of nitrogens with zero attached hydrogens (tertiary/aromatic N) is 1. The Labute approximate surface area is 177 Å². The third-order valence-electron chi connectivity index (χ3n) is 5.50. The average Bonchev–Trinajstić information content (AvgIpc) is 2.94. The van der Waals surface area contributed by atoms with Crippen molar-refractivity contribution in [3.05, 3.63) is 87.7 Å². The van der Waals surface area contributed by atoms with Crippen LogP contribution in [0.3, 0.4) is 0 Å². The molecule has 2 aromatic carbocycles. The van der Waals surface area contributed by atoms with E-state index < -0.39 is 5.97 Å². The van der Waals surface area contributed by atoms with E-state index in [-0.39, 0.29) is 0 Å². The van der Waals surface area contributed by atoms with Crippen LogP contribution in [-0.2, 0) is 19.6 Å². The Kier molecular flexibility index (Phi) is 6.83. The van der Waals surface area contributed by atoms with Crippen LogP contribution in [0.5, 0.6) is 0 Å². The molecule has 1 heterocycles. The molecule has 4 nitrogen and oxygen atoms in total. The topological polar surface area (TPSA) is 54.3 Å². The minimum absolute atomic E-state index is 0.418. The van der Waals surface area contributed by atoms with Gasteiger partial charge in [-0.15, -0.1) is 11.8 Å². The summed E-state index contributed by atoms with van der Waals surface area (Å²) >= 11 is 1.72. The standard InChI is InChI=1S/C24H28N2O2S/c1-16-7-5-6-8-20(16)15-26-17(2)22(23(18(26)3)24(27)28)14-25-13-19-9-11-21(29-4)12-10-19/h5-12,25H,13-15H2,1-4H3,(H,27,28). The highest BCUT2D eigenvalue weighted by molar-refractivity contribution is 7.98. The first kappa shape index (κ1) is 21.2. The summed E-state index contributed by atoms with van der Waals surface area (Å²) in [6.45, 7) is 7.92. The van der Waals surface area contributed by atoms with Gasteiger partial charge in [0.05, 0.1) is 5.56 Å². The Morgan fingerprint density at radius 3 is 2.31 bits per heavy atom. The number of aromatic nitrogens is 1. The number of hydrogen-bond acceptors (Lipinski definition) is 3. The number of rotatable bonds is 8. The van der Waals surface area contributed by atoms with Crippen molar-refractivity contribution in [3.63, 3.8) is 0 Å². The Morgan fingerprint density at radius 1 is 1.00 bits per heavy atom. The van der Waals surface area contributed by atoms with E-state index >= 15 is 0 Å². The van der Waals surface area contributed by atoms with Crippen LogP contribution in [0.25, 0.3) is 0 Å². The molecule has 3 rings (SSSR count). The Hall–Kier alpha value is -2.50. The maximum Gasteiger partial charge on any atom is 0.337 e. The quantitative estimate of drug-likeness (QED) is 0.505. The van der Waals surface area contributed by atoms with E-state index in [0.29, 0.717) is 25.2 Å². The van der Waals surface area contributed by atoms with Crippen molar-refractivity contribution in [3.8, 4) is 0 Å².